The zero-order valence-corrected chi connectivity index (χ0v) is 33.1. The van der Waals surface area contributed by atoms with Crippen molar-refractivity contribution < 1.29 is 37.9 Å². The van der Waals surface area contributed by atoms with Gasteiger partial charge in [-0.3, -0.25) is 14.1 Å². The molecule has 0 fully saturated rings. The van der Waals surface area contributed by atoms with Gasteiger partial charge in [-0.2, -0.15) is 0 Å². The summed E-state index contributed by atoms with van der Waals surface area (Å²) >= 11 is 0. The van der Waals surface area contributed by atoms with Crippen molar-refractivity contribution in [1.82, 2.24) is 0 Å². The monoisotopic (exact) mass is 744 g/mol. The van der Waals surface area contributed by atoms with Gasteiger partial charge in [-0.05, 0) is 83.5 Å². The highest BCUT2D eigenvalue weighted by Crippen LogP contribution is 2.35. The standard InChI is InChI=1S/C43H69O8P/c1-3-5-7-9-11-13-15-17-19-20-21-22-24-25-27-29-31-33-35-37-42(44)49-39-41(40-50-52(46,47)48)51-43(45)38-36-34-32-30-28-26-23-18-16-14-12-10-8-6-4-2/h6,8,11-14,17-19,21-23,25,27,31,33,41H,3-5,7,9-10,15-16,20,24,26,28-30,32,34-40H2,1-2H3,(H2,46,47,48)/b8-6+,13-11+,14-12+,19-17+,22-21+,23-18+,27-25+,33-31+/t41-/m1/s1. The molecule has 0 bridgehead atoms. The van der Waals surface area contributed by atoms with Gasteiger partial charge in [0.15, 0.2) is 6.10 Å². The van der Waals surface area contributed by atoms with E-state index in [1.54, 1.807) is 0 Å². The van der Waals surface area contributed by atoms with Crippen LogP contribution in [0.2, 0.25) is 0 Å². The number of hydrogen-bond acceptors (Lipinski definition) is 6. The van der Waals surface area contributed by atoms with Crippen molar-refractivity contribution in [2.45, 2.75) is 148 Å². The lowest BCUT2D eigenvalue weighted by atomic mass is 10.1. The highest BCUT2D eigenvalue weighted by atomic mass is 31.2. The lowest BCUT2D eigenvalue weighted by molar-refractivity contribution is -0.161. The number of unbranched alkanes of at least 4 members (excludes halogenated alkanes) is 8. The number of hydrogen-bond donors (Lipinski definition) is 2. The number of phosphoric ester groups is 1. The summed E-state index contributed by atoms with van der Waals surface area (Å²) < 4.78 is 26.2. The Morgan fingerprint density at radius 1 is 0.519 bits per heavy atom. The smallest absolute Gasteiger partial charge is 0.462 e. The first-order valence-electron chi connectivity index (χ1n) is 19.5. The summed E-state index contributed by atoms with van der Waals surface area (Å²) in [5.41, 5.74) is 0. The van der Waals surface area contributed by atoms with Gasteiger partial charge in [0.05, 0.1) is 6.61 Å². The van der Waals surface area contributed by atoms with Crippen molar-refractivity contribution in [2.24, 2.45) is 0 Å². The summed E-state index contributed by atoms with van der Waals surface area (Å²) in [5, 5.41) is 0. The summed E-state index contributed by atoms with van der Waals surface area (Å²) in [5.74, 6) is -1.01. The van der Waals surface area contributed by atoms with Gasteiger partial charge >= 0.3 is 19.8 Å². The molecule has 0 saturated carbocycles. The van der Waals surface area contributed by atoms with E-state index in [-0.39, 0.29) is 19.4 Å². The lowest BCUT2D eigenvalue weighted by Crippen LogP contribution is -2.29. The highest BCUT2D eigenvalue weighted by molar-refractivity contribution is 7.46. The van der Waals surface area contributed by atoms with E-state index in [4.69, 9.17) is 19.3 Å². The molecular formula is C43H69O8P. The van der Waals surface area contributed by atoms with E-state index >= 15 is 0 Å². The van der Waals surface area contributed by atoms with Gasteiger partial charge in [0.2, 0.25) is 0 Å². The Hall–Kier alpha value is -3.03. The summed E-state index contributed by atoms with van der Waals surface area (Å²) in [6.45, 7) is 3.44. The third-order valence-electron chi connectivity index (χ3n) is 7.60. The summed E-state index contributed by atoms with van der Waals surface area (Å²) in [6, 6.07) is 0. The molecule has 0 heterocycles. The van der Waals surface area contributed by atoms with Crippen LogP contribution in [0, 0.1) is 0 Å². The van der Waals surface area contributed by atoms with Gasteiger partial charge in [0.1, 0.15) is 6.61 Å². The molecule has 0 amide bonds. The van der Waals surface area contributed by atoms with Gasteiger partial charge in [-0.25, -0.2) is 4.57 Å². The molecule has 0 spiro atoms. The van der Waals surface area contributed by atoms with Crippen molar-refractivity contribution in [3.63, 3.8) is 0 Å². The number of carbonyl (C=O) groups excluding carboxylic acids is 2. The molecule has 0 unspecified atom stereocenters. The quantitative estimate of drug-likeness (QED) is 0.0289. The first kappa shape index (κ1) is 49.0. The van der Waals surface area contributed by atoms with E-state index in [1.165, 1.54) is 25.7 Å². The SMILES string of the molecule is CC/C=C/C/C=C/C/C=C/CCCCCCCC(=O)O[C@H](COC(=O)CC/C=C/C/C=C/C/C=C/C/C=C/C/C=C/CCCCC)COP(=O)(O)O. The van der Waals surface area contributed by atoms with Crippen LogP contribution in [0.3, 0.4) is 0 Å². The Balaban J connectivity index is 4.14. The second kappa shape index (κ2) is 37.7. The zero-order valence-electron chi connectivity index (χ0n) is 32.2. The van der Waals surface area contributed by atoms with Crippen LogP contribution in [-0.2, 0) is 28.2 Å². The largest absolute Gasteiger partial charge is 0.469 e. The van der Waals surface area contributed by atoms with Crippen molar-refractivity contribution >= 4 is 19.8 Å². The van der Waals surface area contributed by atoms with E-state index in [2.05, 4.69) is 103 Å². The van der Waals surface area contributed by atoms with Gasteiger partial charge in [0, 0.05) is 12.8 Å². The molecule has 0 rings (SSSR count). The van der Waals surface area contributed by atoms with Gasteiger partial charge in [0.25, 0.3) is 0 Å². The first-order valence-corrected chi connectivity index (χ1v) is 21.1. The molecule has 294 valence electrons. The van der Waals surface area contributed by atoms with Crippen LogP contribution in [0.25, 0.3) is 0 Å². The molecule has 1 atom stereocenters. The van der Waals surface area contributed by atoms with Crippen molar-refractivity contribution in [3.05, 3.63) is 97.2 Å². The fourth-order valence-corrected chi connectivity index (χ4v) is 5.08. The number of allylic oxidation sites excluding steroid dienone is 16. The van der Waals surface area contributed by atoms with Crippen molar-refractivity contribution in [3.8, 4) is 0 Å². The highest BCUT2D eigenvalue weighted by Gasteiger charge is 2.22. The predicted octanol–water partition coefficient (Wildman–Crippen LogP) is 11.8. The molecule has 2 N–H and O–H groups in total. The predicted molar refractivity (Wildman–Crippen MR) is 216 cm³/mol. The Bertz CT molecular complexity index is 1160. The van der Waals surface area contributed by atoms with E-state index in [1.807, 2.05) is 12.2 Å². The van der Waals surface area contributed by atoms with E-state index in [0.29, 0.717) is 12.8 Å². The third kappa shape index (κ3) is 39.8. The van der Waals surface area contributed by atoms with Crippen LogP contribution < -0.4 is 0 Å². The van der Waals surface area contributed by atoms with Crippen molar-refractivity contribution in [1.29, 1.82) is 0 Å². The summed E-state index contributed by atoms with van der Waals surface area (Å²) in [6.07, 6.45) is 51.4. The number of carbonyl (C=O) groups is 2. The fourth-order valence-electron chi connectivity index (χ4n) is 4.72. The van der Waals surface area contributed by atoms with E-state index in [0.717, 1.165) is 77.0 Å². The number of rotatable bonds is 34. The third-order valence-corrected chi connectivity index (χ3v) is 8.09. The van der Waals surface area contributed by atoms with E-state index < -0.39 is 32.5 Å². The molecule has 8 nitrogen and oxygen atoms in total. The molecule has 9 heteroatoms. The van der Waals surface area contributed by atoms with Crippen LogP contribution in [0.1, 0.15) is 142 Å². The van der Waals surface area contributed by atoms with Crippen LogP contribution in [0.15, 0.2) is 97.2 Å². The van der Waals surface area contributed by atoms with Gasteiger partial charge in [-0.1, -0.05) is 143 Å². The number of esters is 2. The molecular weight excluding hydrogens is 675 g/mol. The molecule has 0 aromatic carbocycles. The van der Waals surface area contributed by atoms with E-state index in [9.17, 15) is 14.2 Å². The Kier molecular flexibility index (Phi) is 35.5. The molecule has 0 saturated heterocycles. The van der Waals surface area contributed by atoms with Crippen LogP contribution in [0.4, 0.5) is 0 Å². The fraction of sp³-hybridized carbons (Fsp3) is 0.581. The number of phosphoric acid groups is 1. The topological polar surface area (TPSA) is 119 Å². The maximum Gasteiger partial charge on any atom is 0.469 e. The van der Waals surface area contributed by atoms with Crippen LogP contribution in [-0.4, -0.2) is 41.0 Å². The Labute approximate surface area is 315 Å². The molecule has 0 aliphatic carbocycles. The molecule has 0 aromatic heterocycles. The normalized spacial score (nSPS) is 13.5. The second-order valence-corrected chi connectivity index (χ2v) is 13.8. The average molecular weight is 745 g/mol. The second-order valence-electron chi connectivity index (χ2n) is 12.5. The summed E-state index contributed by atoms with van der Waals surface area (Å²) in [7, 11) is -4.78. The summed E-state index contributed by atoms with van der Waals surface area (Å²) in [4.78, 5) is 42.7. The maximum atomic E-state index is 12.4. The molecule has 0 aromatic rings. The first-order chi connectivity index (χ1) is 25.3. The minimum Gasteiger partial charge on any atom is -0.462 e. The zero-order chi connectivity index (χ0) is 38.2. The molecule has 0 aliphatic heterocycles. The van der Waals surface area contributed by atoms with Crippen LogP contribution >= 0.6 is 7.82 Å². The number of ether oxygens (including phenoxy) is 2. The minimum absolute atomic E-state index is 0.134. The van der Waals surface area contributed by atoms with Crippen molar-refractivity contribution in [2.75, 3.05) is 13.2 Å². The van der Waals surface area contributed by atoms with Crippen LogP contribution in [0.5, 0.6) is 0 Å². The Morgan fingerprint density at radius 3 is 1.46 bits per heavy atom. The van der Waals surface area contributed by atoms with Gasteiger partial charge < -0.3 is 19.3 Å². The lowest BCUT2D eigenvalue weighted by Gasteiger charge is -2.18. The average Bonchev–Trinajstić information content (AvgIpc) is 3.11. The molecule has 0 radical (unpaired) electrons. The molecule has 0 aliphatic rings. The minimum atomic E-state index is -4.78. The Morgan fingerprint density at radius 2 is 0.962 bits per heavy atom. The maximum absolute atomic E-state index is 12.4. The molecule has 52 heavy (non-hydrogen) atoms. The van der Waals surface area contributed by atoms with Gasteiger partial charge in [-0.15, -0.1) is 0 Å².